The third kappa shape index (κ3) is 5.46. The smallest absolute Gasteiger partial charge is 0.285 e. The minimum atomic E-state index is -0.519. The van der Waals surface area contributed by atoms with Crippen LogP contribution in [-0.2, 0) is 4.79 Å². The maximum Gasteiger partial charge on any atom is 0.285 e. The summed E-state index contributed by atoms with van der Waals surface area (Å²) in [6.07, 6.45) is 1.69. The van der Waals surface area contributed by atoms with Crippen LogP contribution < -0.4 is 14.9 Å². The molecule has 6 nitrogen and oxygen atoms in total. The lowest BCUT2D eigenvalue weighted by molar-refractivity contribution is -0.123. The Morgan fingerprint density at radius 3 is 2.62 bits per heavy atom. The van der Waals surface area contributed by atoms with E-state index in [4.69, 9.17) is 33.3 Å². The summed E-state index contributed by atoms with van der Waals surface area (Å²) in [6.45, 7) is 6.59. The zero-order valence-corrected chi connectivity index (χ0v) is 21.5. The Balaban J connectivity index is 1.84. The first-order valence-electron chi connectivity index (χ1n) is 9.69. The molecule has 32 heavy (non-hydrogen) atoms. The zero-order chi connectivity index (χ0) is 23.4. The molecule has 1 saturated heterocycles. The molecule has 1 aliphatic rings. The molecule has 0 atom stereocenters. The van der Waals surface area contributed by atoms with E-state index in [-0.39, 0.29) is 9.88 Å². The largest absolute Gasteiger partial charge is 0.490 e. The third-order valence-electron chi connectivity index (χ3n) is 4.29. The summed E-state index contributed by atoms with van der Waals surface area (Å²) in [5.74, 6) is 0.212. The number of carbonyl (C=O) groups excluding carboxylic acids is 2. The summed E-state index contributed by atoms with van der Waals surface area (Å²) in [4.78, 5) is 25.9. The van der Waals surface area contributed by atoms with Crippen LogP contribution in [-0.4, -0.2) is 34.4 Å². The number of ether oxygens (including phenoxy) is 2. The van der Waals surface area contributed by atoms with Crippen molar-refractivity contribution in [3.8, 4) is 11.5 Å². The van der Waals surface area contributed by atoms with Crippen molar-refractivity contribution < 1.29 is 19.1 Å². The number of nitrogens with one attached hydrogen (secondary N) is 1. The fraction of sp³-hybridized carbons (Fsp3) is 0.227. The predicted molar refractivity (Wildman–Crippen MR) is 135 cm³/mol. The van der Waals surface area contributed by atoms with Crippen LogP contribution in [0.25, 0.3) is 6.08 Å². The molecule has 2 aromatic rings. The number of hydrogen-bond donors (Lipinski definition) is 1. The molecule has 0 spiro atoms. The number of carbonyl (C=O) groups is 2. The molecule has 10 heteroatoms. The van der Waals surface area contributed by atoms with Crippen LogP contribution in [0.15, 0.2) is 39.7 Å². The number of halogens is 2. The van der Waals surface area contributed by atoms with Gasteiger partial charge in [0.2, 0.25) is 0 Å². The highest BCUT2D eigenvalue weighted by atomic mass is 79.9. The summed E-state index contributed by atoms with van der Waals surface area (Å²) in [5.41, 5.74) is 4.44. The first kappa shape index (κ1) is 24.6. The molecule has 0 radical (unpaired) electrons. The number of hydrogen-bond acceptors (Lipinski definition) is 6. The molecule has 1 fully saturated rings. The average Bonchev–Trinajstić information content (AvgIpc) is 2.98. The number of amides is 2. The van der Waals surface area contributed by atoms with Crippen LogP contribution in [0.1, 0.15) is 35.3 Å². The van der Waals surface area contributed by atoms with Crippen LogP contribution in [0.4, 0.5) is 0 Å². The fourth-order valence-electron chi connectivity index (χ4n) is 2.90. The lowest BCUT2D eigenvalue weighted by Gasteiger charge is -2.16. The van der Waals surface area contributed by atoms with Crippen molar-refractivity contribution in [2.45, 2.75) is 20.8 Å². The van der Waals surface area contributed by atoms with Gasteiger partial charge in [0, 0.05) is 0 Å². The van der Waals surface area contributed by atoms with Crippen LogP contribution >= 0.6 is 51.5 Å². The third-order valence-corrected chi connectivity index (χ3v) is 6.50. The molecule has 1 heterocycles. The van der Waals surface area contributed by atoms with Gasteiger partial charge in [-0.1, -0.05) is 29.4 Å². The summed E-state index contributed by atoms with van der Waals surface area (Å²) in [6, 6.07) is 8.67. The van der Waals surface area contributed by atoms with E-state index in [9.17, 15) is 9.59 Å². The Hall–Kier alpha value is -2.07. The summed E-state index contributed by atoms with van der Waals surface area (Å²) in [5, 5.41) is 1.35. The van der Waals surface area contributed by atoms with Gasteiger partial charge in [0.05, 0.1) is 33.2 Å². The SMILES string of the molecule is CCOc1cc(/C=C2/SC(=S)N(NC(=O)c3ccc(C)cc3Cl)C2=O)cc(Br)c1OCC. The van der Waals surface area contributed by atoms with Gasteiger partial charge in [-0.15, -0.1) is 0 Å². The molecule has 2 amide bonds. The van der Waals surface area contributed by atoms with E-state index < -0.39 is 11.8 Å². The van der Waals surface area contributed by atoms with Gasteiger partial charge in [0.15, 0.2) is 15.8 Å². The van der Waals surface area contributed by atoms with Gasteiger partial charge < -0.3 is 9.47 Å². The molecule has 3 rings (SSSR count). The highest BCUT2D eigenvalue weighted by Gasteiger charge is 2.34. The molecular formula is C22H20BrClN2O4S2. The number of benzene rings is 2. The van der Waals surface area contributed by atoms with E-state index in [0.29, 0.717) is 39.1 Å². The van der Waals surface area contributed by atoms with Gasteiger partial charge in [-0.2, -0.15) is 5.01 Å². The van der Waals surface area contributed by atoms with Crippen LogP contribution in [0.5, 0.6) is 11.5 Å². The highest BCUT2D eigenvalue weighted by molar-refractivity contribution is 9.10. The standard InChI is InChI=1S/C22H20BrClN2O4S2/c1-4-29-17-10-13(9-15(23)19(17)30-5-2)11-18-21(28)26(22(31)32-18)25-20(27)14-7-6-12(3)8-16(14)24/h6-11H,4-5H2,1-3H3,(H,25,27)/b18-11+. The molecule has 0 saturated carbocycles. The van der Waals surface area contributed by atoms with E-state index in [2.05, 4.69) is 21.4 Å². The lowest BCUT2D eigenvalue weighted by atomic mass is 10.1. The second-order valence-electron chi connectivity index (χ2n) is 6.64. The van der Waals surface area contributed by atoms with Gasteiger partial charge in [0.25, 0.3) is 11.8 Å². The van der Waals surface area contributed by atoms with Crippen molar-refractivity contribution in [1.29, 1.82) is 0 Å². The number of hydrazine groups is 1. The quantitative estimate of drug-likeness (QED) is 0.346. The highest BCUT2D eigenvalue weighted by Crippen LogP contribution is 2.39. The number of thiocarbonyl (C=S) groups is 1. The molecule has 0 bridgehead atoms. The monoisotopic (exact) mass is 554 g/mol. The van der Waals surface area contributed by atoms with Gasteiger partial charge >= 0.3 is 0 Å². The van der Waals surface area contributed by atoms with Crippen molar-refractivity contribution in [2.24, 2.45) is 0 Å². The number of aryl methyl sites for hydroxylation is 1. The van der Waals surface area contributed by atoms with Gasteiger partial charge in [0.1, 0.15) is 0 Å². The molecule has 0 unspecified atom stereocenters. The Bertz CT molecular complexity index is 1120. The Morgan fingerprint density at radius 1 is 1.25 bits per heavy atom. The van der Waals surface area contributed by atoms with Crippen molar-refractivity contribution in [3.63, 3.8) is 0 Å². The molecule has 0 aliphatic carbocycles. The Labute approximate surface area is 209 Å². The molecule has 1 N–H and O–H groups in total. The van der Waals surface area contributed by atoms with Crippen molar-refractivity contribution in [2.75, 3.05) is 13.2 Å². The minimum absolute atomic E-state index is 0.216. The normalized spacial score (nSPS) is 14.8. The molecular weight excluding hydrogens is 536 g/mol. The predicted octanol–water partition coefficient (Wildman–Crippen LogP) is 5.75. The molecule has 168 valence electrons. The van der Waals surface area contributed by atoms with Crippen LogP contribution in [0.2, 0.25) is 5.02 Å². The van der Waals surface area contributed by atoms with E-state index in [1.165, 1.54) is 0 Å². The van der Waals surface area contributed by atoms with E-state index >= 15 is 0 Å². The molecule has 1 aliphatic heterocycles. The van der Waals surface area contributed by atoms with Crippen LogP contribution in [0, 0.1) is 6.92 Å². The zero-order valence-electron chi connectivity index (χ0n) is 17.5. The summed E-state index contributed by atoms with van der Waals surface area (Å²) >= 11 is 16.1. The number of nitrogens with zero attached hydrogens (tertiary/aromatic N) is 1. The second-order valence-corrected chi connectivity index (χ2v) is 9.57. The van der Waals surface area contributed by atoms with Gasteiger partial charge in [-0.25, -0.2) is 0 Å². The topological polar surface area (TPSA) is 67.9 Å². The van der Waals surface area contributed by atoms with Gasteiger partial charge in [-0.3, -0.25) is 15.0 Å². The molecule has 2 aromatic carbocycles. The second kappa shape index (κ2) is 10.7. The van der Waals surface area contributed by atoms with Crippen molar-refractivity contribution >= 4 is 73.7 Å². The number of rotatable bonds is 7. The van der Waals surface area contributed by atoms with Crippen molar-refractivity contribution in [3.05, 3.63) is 61.4 Å². The minimum Gasteiger partial charge on any atom is -0.490 e. The molecule has 0 aromatic heterocycles. The lowest BCUT2D eigenvalue weighted by Crippen LogP contribution is -2.44. The first-order chi connectivity index (χ1) is 15.2. The Kier molecular flexibility index (Phi) is 8.21. The van der Waals surface area contributed by atoms with Crippen molar-refractivity contribution in [1.82, 2.24) is 10.4 Å². The fourth-order valence-corrected chi connectivity index (χ4v) is 4.97. The van der Waals surface area contributed by atoms with Gasteiger partial charge in [-0.05, 0) is 90.4 Å². The summed E-state index contributed by atoms with van der Waals surface area (Å²) < 4.78 is 12.3. The Morgan fingerprint density at radius 2 is 1.97 bits per heavy atom. The number of thioether (sulfide) groups is 1. The van der Waals surface area contributed by atoms with E-state index in [1.807, 2.05) is 26.8 Å². The van der Waals surface area contributed by atoms with E-state index in [1.54, 1.807) is 30.3 Å². The maximum absolute atomic E-state index is 12.9. The maximum atomic E-state index is 12.9. The average molecular weight is 556 g/mol. The van der Waals surface area contributed by atoms with E-state index in [0.717, 1.165) is 27.9 Å². The first-order valence-corrected chi connectivity index (χ1v) is 12.1. The van der Waals surface area contributed by atoms with Crippen LogP contribution in [0.3, 0.4) is 0 Å². The summed E-state index contributed by atoms with van der Waals surface area (Å²) in [7, 11) is 0.